The van der Waals surface area contributed by atoms with Crippen molar-refractivity contribution in [3.63, 3.8) is 0 Å². The van der Waals surface area contributed by atoms with E-state index >= 15 is 0 Å². The maximum Gasteiger partial charge on any atom is 0.311 e. The lowest BCUT2D eigenvalue weighted by Crippen LogP contribution is -2.64. The van der Waals surface area contributed by atoms with Crippen LogP contribution in [0.5, 0.6) is 0 Å². The average Bonchev–Trinajstić information content (AvgIpc) is 3.18. The van der Waals surface area contributed by atoms with Gasteiger partial charge in [-0.1, -0.05) is 26.8 Å². The molecule has 3 saturated heterocycles. The Labute approximate surface area is 365 Å². The van der Waals surface area contributed by atoms with Crippen LogP contribution < -0.4 is 5.32 Å². The maximum absolute atomic E-state index is 14.7. The molecule has 3 fully saturated rings. The van der Waals surface area contributed by atoms with E-state index < -0.39 is 113 Å². The zero-order valence-corrected chi connectivity index (χ0v) is 39.7. The van der Waals surface area contributed by atoms with E-state index in [9.17, 15) is 30.0 Å². The van der Waals surface area contributed by atoms with E-state index in [0.717, 1.165) is 0 Å². The number of aliphatic hydroxyl groups excluding tert-OH is 2. The van der Waals surface area contributed by atoms with Crippen LogP contribution in [0.2, 0.25) is 0 Å². The quantitative estimate of drug-likeness (QED) is 0.0965. The topological polar surface area (TPSA) is 204 Å². The van der Waals surface area contributed by atoms with Gasteiger partial charge >= 0.3 is 11.9 Å². The van der Waals surface area contributed by atoms with Crippen LogP contribution in [-0.4, -0.2) is 169 Å². The van der Waals surface area contributed by atoms with Crippen molar-refractivity contribution in [3.8, 4) is 0 Å². The van der Waals surface area contributed by atoms with Crippen molar-refractivity contribution in [2.75, 3.05) is 41.4 Å². The molecule has 3 unspecified atom stereocenters. The lowest BCUT2D eigenvalue weighted by Gasteiger charge is -2.52. The van der Waals surface area contributed by atoms with Gasteiger partial charge in [-0.05, 0) is 101 Å². The molecule has 3 rings (SSSR count). The van der Waals surface area contributed by atoms with Gasteiger partial charge in [0, 0.05) is 52.0 Å². The number of hydrogen-bond acceptors (Lipinski definition) is 16. The number of methoxy groups -OCH3 is 2. The summed E-state index contributed by atoms with van der Waals surface area (Å²) in [5.74, 6) is -4.64. The molecule has 16 heteroatoms. The third-order valence-corrected chi connectivity index (χ3v) is 14.0. The van der Waals surface area contributed by atoms with Crippen LogP contribution in [0.3, 0.4) is 0 Å². The van der Waals surface area contributed by atoms with Crippen LogP contribution in [0, 0.1) is 23.7 Å². The number of nitrogens with zero attached hydrogens (tertiary/aromatic N) is 1. The fourth-order valence-corrected chi connectivity index (χ4v) is 10.3. The van der Waals surface area contributed by atoms with Crippen molar-refractivity contribution in [3.05, 3.63) is 12.7 Å². The second-order valence-electron chi connectivity index (χ2n) is 19.2. The largest absolute Gasteiger partial charge is 0.459 e. The standard InChI is InChI=1S/C45H82N2O14/c1-17-20-46-21-19-32-44(11,52)33(18-2)59-40(51)28(6)36(60-34-24-43(10,55-16)39(29(7)57-34)58-30(8)48)27(5)38(42(9,54-15)23-25(3)37(50)45(32,12)53)61-41-35(49)31(47(13)14)22-26(4)56-41/h17,25-29,31-39,41,46,49-50,52-53H,1,18-24H2,2-16H3/t25-,26-,27+,28-,29+,31+,32+,33-,34?,35-,36+,37?,38-,39+,41+,42-,43-,44+,45?/m1/s1. The predicted octanol–water partition coefficient (Wildman–Crippen LogP) is 3.34. The van der Waals surface area contributed by atoms with Crippen molar-refractivity contribution >= 4 is 11.9 Å². The Hall–Kier alpha value is -1.80. The summed E-state index contributed by atoms with van der Waals surface area (Å²) >= 11 is 0. The minimum Gasteiger partial charge on any atom is -0.459 e. The summed E-state index contributed by atoms with van der Waals surface area (Å²) in [4.78, 5) is 28.7. The van der Waals surface area contributed by atoms with Crippen LogP contribution >= 0.6 is 0 Å². The first-order valence-electron chi connectivity index (χ1n) is 22.1. The van der Waals surface area contributed by atoms with Gasteiger partial charge in [0.2, 0.25) is 0 Å². The Morgan fingerprint density at radius 2 is 1.56 bits per heavy atom. The molecule has 0 aromatic heterocycles. The number of hydrogen-bond donors (Lipinski definition) is 5. The highest BCUT2D eigenvalue weighted by atomic mass is 16.7. The van der Waals surface area contributed by atoms with E-state index in [1.54, 1.807) is 33.8 Å². The maximum atomic E-state index is 14.7. The summed E-state index contributed by atoms with van der Waals surface area (Å²) in [6, 6.07) is -0.307. The monoisotopic (exact) mass is 875 g/mol. The van der Waals surface area contributed by atoms with Crippen LogP contribution in [0.25, 0.3) is 0 Å². The van der Waals surface area contributed by atoms with Crippen molar-refractivity contribution in [2.45, 2.75) is 198 Å². The number of aliphatic hydroxyl groups is 4. The van der Waals surface area contributed by atoms with Gasteiger partial charge in [0.25, 0.3) is 0 Å². The molecule has 19 atom stereocenters. The van der Waals surface area contributed by atoms with E-state index in [2.05, 4.69) is 11.9 Å². The zero-order chi connectivity index (χ0) is 46.4. The Morgan fingerprint density at radius 1 is 0.951 bits per heavy atom. The lowest BCUT2D eigenvalue weighted by molar-refractivity contribution is -0.321. The van der Waals surface area contributed by atoms with Crippen LogP contribution in [0.15, 0.2) is 12.7 Å². The first-order chi connectivity index (χ1) is 28.3. The first-order valence-corrected chi connectivity index (χ1v) is 22.1. The summed E-state index contributed by atoms with van der Waals surface area (Å²) in [5, 5.41) is 52.2. The molecule has 3 aliphatic heterocycles. The predicted molar refractivity (Wildman–Crippen MR) is 228 cm³/mol. The van der Waals surface area contributed by atoms with Gasteiger partial charge in [0.1, 0.15) is 23.4 Å². The molecule has 0 bridgehead atoms. The van der Waals surface area contributed by atoms with Crippen molar-refractivity contribution in [2.24, 2.45) is 23.7 Å². The smallest absolute Gasteiger partial charge is 0.311 e. The third kappa shape index (κ3) is 12.3. The highest BCUT2D eigenvalue weighted by molar-refractivity contribution is 5.73. The molecule has 356 valence electrons. The molecular formula is C45H82N2O14. The average molecular weight is 875 g/mol. The molecule has 0 spiro atoms. The normalized spacial score (nSPS) is 45.8. The third-order valence-electron chi connectivity index (χ3n) is 14.0. The minimum atomic E-state index is -1.90. The van der Waals surface area contributed by atoms with Gasteiger partial charge in [-0.25, -0.2) is 0 Å². The highest BCUT2D eigenvalue weighted by Crippen LogP contribution is 2.45. The van der Waals surface area contributed by atoms with Gasteiger partial charge in [0.15, 0.2) is 18.7 Å². The second kappa shape index (κ2) is 21.9. The van der Waals surface area contributed by atoms with E-state index in [-0.39, 0.29) is 37.8 Å². The van der Waals surface area contributed by atoms with Crippen molar-refractivity contribution in [1.82, 2.24) is 10.2 Å². The highest BCUT2D eigenvalue weighted by Gasteiger charge is 2.57. The summed E-state index contributed by atoms with van der Waals surface area (Å²) in [5.41, 5.74) is -6.06. The Balaban J connectivity index is 2.28. The van der Waals surface area contributed by atoms with Crippen molar-refractivity contribution in [1.29, 1.82) is 0 Å². The molecule has 61 heavy (non-hydrogen) atoms. The van der Waals surface area contributed by atoms with Crippen LogP contribution in [-0.2, 0) is 47.5 Å². The van der Waals surface area contributed by atoms with Gasteiger partial charge in [-0.2, -0.15) is 0 Å². The van der Waals surface area contributed by atoms with Crippen LogP contribution in [0.4, 0.5) is 0 Å². The van der Waals surface area contributed by atoms with Crippen molar-refractivity contribution < 1.29 is 67.9 Å². The molecule has 3 heterocycles. The SMILES string of the molecule is C=CCNCC[C@@H]1C(C)(O)C(O)[C@H](C)C[C@@](C)(OC)[C@H](O[C@@H]2O[C@H](C)C[C@H](N(C)C)[C@H]2O)[C@@H](C)[C@H](OC2C[C@@](C)(OC)[C@@H](OC(C)=O)[C@H](C)O2)[C@@H](C)C(=O)O[C@H](CC)[C@@]1(C)O. The number of nitrogens with one attached hydrogen (secondary N) is 1. The fourth-order valence-electron chi connectivity index (χ4n) is 10.3. The Morgan fingerprint density at radius 3 is 2.10 bits per heavy atom. The summed E-state index contributed by atoms with van der Waals surface area (Å²) in [6.45, 7) is 23.4. The number of likely N-dealkylation sites (N-methyl/N-ethyl adjacent to an activating group) is 1. The minimum absolute atomic E-state index is 0.112. The molecule has 0 radical (unpaired) electrons. The first kappa shape index (κ1) is 53.5. The number of rotatable bonds is 14. The molecule has 16 nitrogen and oxygen atoms in total. The second-order valence-corrected chi connectivity index (χ2v) is 19.2. The molecule has 0 amide bonds. The van der Waals surface area contributed by atoms with E-state index in [1.807, 2.05) is 46.7 Å². The molecule has 0 saturated carbocycles. The zero-order valence-electron chi connectivity index (χ0n) is 39.7. The van der Waals surface area contributed by atoms with E-state index in [0.29, 0.717) is 19.5 Å². The van der Waals surface area contributed by atoms with Gasteiger partial charge in [-0.15, -0.1) is 6.58 Å². The number of esters is 2. The number of cyclic esters (lactones) is 1. The molecular weight excluding hydrogens is 792 g/mol. The molecule has 0 aromatic rings. The molecule has 0 aromatic carbocycles. The summed E-state index contributed by atoms with van der Waals surface area (Å²) < 4.78 is 50.8. The fraction of sp³-hybridized carbons (Fsp3) is 0.911. The number of carbonyl (C=O) groups is 2. The van der Waals surface area contributed by atoms with Gasteiger partial charge in [0.05, 0.1) is 47.6 Å². The van der Waals surface area contributed by atoms with E-state index in [4.69, 9.17) is 37.9 Å². The number of ether oxygens (including phenoxy) is 8. The Bertz CT molecular complexity index is 1420. The number of carbonyl (C=O) groups excluding carboxylic acids is 2. The van der Waals surface area contributed by atoms with E-state index in [1.165, 1.54) is 35.0 Å². The molecule has 0 aliphatic carbocycles. The lowest BCUT2D eigenvalue weighted by atomic mass is 9.66. The molecule has 5 N–H and O–H groups in total. The summed E-state index contributed by atoms with van der Waals surface area (Å²) in [7, 11) is 6.81. The Kier molecular flexibility index (Phi) is 19.2. The summed E-state index contributed by atoms with van der Waals surface area (Å²) in [6.07, 6.45) is -6.61. The van der Waals surface area contributed by atoms with Gasteiger partial charge < -0.3 is 68.5 Å². The van der Waals surface area contributed by atoms with Gasteiger partial charge in [-0.3, -0.25) is 9.59 Å². The molecule has 3 aliphatic rings. The van der Waals surface area contributed by atoms with Crippen LogP contribution in [0.1, 0.15) is 108 Å².